The molecule has 15 heavy (non-hydrogen) atoms. The summed E-state index contributed by atoms with van der Waals surface area (Å²) >= 11 is 0. The molecule has 0 aromatic heterocycles. The lowest BCUT2D eigenvalue weighted by Crippen LogP contribution is -2.32. The second kappa shape index (κ2) is 14.0. The van der Waals surface area contributed by atoms with Crippen LogP contribution in [0.15, 0.2) is 0 Å². The van der Waals surface area contributed by atoms with Crippen LogP contribution >= 0.6 is 24.8 Å². The van der Waals surface area contributed by atoms with Gasteiger partial charge in [0.15, 0.2) is 0 Å². The Kier molecular flexibility index (Phi) is 19.0. The van der Waals surface area contributed by atoms with Crippen LogP contribution in [0.5, 0.6) is 0 Å². The highest BCUT2D eigenvalue weighted by Gasteiger charge is 2.13. The first-order valence-electron chi connectivity index (χ1n) is 4.84. The molecule has 0 amide bonds. The summed E-state index contributed by atoms with van der Waals surface area (Å²) in [6.45, 7) is 3.06. The van der Waals surface area contributed by atoms with E-state index < -0.39 is 6.04 Å². The van der Waals surface area contributed by atoms with Gasteiger partial charge in [0.1, 0.15) is 6.04 Å². The number of nitrogens with two attached hydrogens (primary N) is 2. The Morgan fingerprint density at radius 3 is 2.40 bits per heavy atom. The van der Waals surface area contributed by atoms with Crippen molar-refractivity contribution in [2.24, 2.45) is 11.5 Å². The first-order valence-corrected chi connectivity index (χ1v) is 4.84. The van der Waals surface area contributed by atoms with Gasteiger partial charge in [-0.3, -0.25) is 4.79 Å². The third kappa shape index (κ3) is 11.9. The van der Waals surface area contributed by atoms with E-state index in [0.717, 1.165) is 19.3 Å². The first-order chi connectivity index (χ1) is 6.22. The van der Waals surface area contributed by atoms with E-state index in [4.69, 9.17) is 16.2 Å². The molecule has 0 fully saturated rings. The van der Waals surface area contributed by atoms with E-state index in [0.29, 0.717) is 19.6 Å². The van der Waals surface area contributed by atoms with E-state index >= 15 is 0 Å². The highest BCUT2D eigenvalue weighted by molar-refractivity contribution is 5.85. The summed E-state index contributed by atoms with van der Waals surface area (Å²) in [5, 5.41) is 0. The number of esters is 1. The van der Waals surface area contributed by atoms with Crippen LogP contribution < -0.4 is 11.5 Å². The average Bonchev–Trinajstić information content (AvgIpc) is 2.14. The van der Waals surface area contributed by atoms with Crippen molar-refractivity contribution in [3.63, 3.8) is 0 Å². The van der Waals surface area contributed by atoms with Crippen LogP contribution in [0.4, 0.5) is 0 Å². The molecule has 0 aliphatic rings. The summed E-state index contributed by atoms with van der Waals surface area (Å²) in [6, 6.07) is -0.474. The molecule has 94 valence electrons. The van der Waals surface area contributed by atoms with E-state index in [1.165, 1.54) is 0 Å². The molecule has 0 bridgehead atoms. The number of carbonyl (C=O) groups is 1. The minimum absolute atomic E-state index is 0. The van der Waals surface area contributed by atoms with Crippen molar-refractivity contribution in [2.75, 3.05) is 13.2 Å². The van der Waals surface area contributed by atoms with Gasteiger partial charge in [0.2, 0.25) is 0 Å². The summed E-state index contributed by atoms with van der Waals surface area (Å²) in [5.74, 6) is -0.293. The fourth-order valence-corrected chi connectivity index (χ4v) is 0.936. The van der Waals surface area contributed by atoms with Crippen LogP contribution in [0.25, 0.3) is 0 Å². The Morgan fingerprint density at radius 1 is 1.33 bits per heavy atom. The van der Waals surface area contributed by atoms with Crippen LogP contribution in [-0.2, 0) is 9.53 Å². The van der Waals surface area contributed by atoms with Crippen LogP contribution in [0.3, 0.4) is 0 Å². The smallest absolute Gasteiger partial charge is 0.322 e. The molecule has 0 unspecified atom stereocenters. The molecule has 0 heterocycles. The number of rotatable bonds is 7. The minimum atomic E-state index is -0.474. The SMILES string of the molecule is CCCOC(=O)[C@@H](N)CCCCN.Cl.Cl. The lowest BCUT2D eigenvalue weighted by molar-refractivity contribution is -0.145. The molecule has 0 spiro atoms. The topological polar surface area (TPSA) is 78.3 Å². The molecule has 0 radical (unpaired) electrons. The third-order valence-electron chi connectivity index (χ3n) is 1.72. The van der Waals surface area contributed by atoms with E-state index in [-0.39, 0.29) is 30.8 Å². The van der Waals surface area contributed by atoms with Crippen molar-refractivity contribution in [1.82, 2.24) is 0 Å². The molecule has 0 saturated carbocycles. The van der Waals surface area contributed by atoms with Crippen LogP contribution in [0.2, 0.25) is 0 Å². The zero-order valence-electron chi connectivity index (χ0n) is 9.11. The molecular weight excluding hydrogens is 239 g/mol. The average molecular weight is 261 g/mol. The summed E-state index contributed by atoms with van der Waals surface area (Å²) in [4.78, 5) is 11.1. The summed E-state index contributed by atoms with van der Waals surface area (Å²) < 4.78 is 4.89. The standard InChI is InChI=1S/C9H20N2O2.2ClH/c1-2-7-13-9(12)8(11)5-3-4-6-10;;/h8H,2-7,10-11H2,1H3;2*1H/t8-;;/m0../s1. The van der Waals surface area contributed by atoms with E-state index in [2.05, 4.69) is 0 Å². The Labute approximate surface area is 104 Å². The molecule has 4 nitrogen and oxygen atoms in total. The Morgan fingerprint density at radius 2 is 1.93 bits per heavy atom. The first kappa shape index (κ1) is 20.4. The minimum Gasteiger partial charge on any atom is -0.465 e. The normalized spacial score (nSPS) is 10.9. The number of halogens is 2. The van der Waals surface area contributed by atoms with Gasteiger partial charge in [-0.15, -0.1) is 24.8 Å². The van der Waals surface area contributed by atoms with Crippen LogP contribution in [0.1, 0.15) is 32.6 Å². The summed E-state index contributed by atoms with van der Waals surface area (Å²) in [7, 11) is 0. The Bertz CT molecular complexity index is 148. The molecule has 0 saturated heterocycles. The van der Waals surface area contributed by atoms with E-state index in [1.807, 2.05) is 6.92 Å². The number of hydrogen-bond acceptors (Lipinski definition) is 4. The number of carbonyl (C=O) groups excluding carboxylic acids is 1. The van der Waals surface area contributed by atoms with E-state index in [1.54, 1.807) is 0 Å². The molecule has 0 aliphatic carbocycles. The van der Waals surface area contributed by atoms with Gasteiger partial charge in [0.25, 0.3) is 0 Å². The summed E-state index contributed by atoms with van der Waals surface area (Å²) in [6.07, 6.45) is 3.30. The van der Waals surface area contributed by atoms with Gasteiger partial charge in [0, 0.05) is 0 Å². The lowest BCUT2D eigenvalue weighted by Gasteiger charge is -2.10. The van der Waals surface area contributed by atoms with Crippen molar-refractivity contribution in [3.05, 3.63) is 0 Å². The predicted octanol–water partition coefficient (Wildman–Crippen LogP) is 1.24. The maximum Gasteiger partial charge on any atom is 0.322 e. The van der Waals surface area contributed by atoms with Gasteiger partial charge >= 0.3 is 5.97 Å². The van der Waals surface area contributed by atoms with Gasteiger partial charge in [-0.1, -0.05) is 13.3 Å². The number of ether oxygens (including phenoxy) is 1. The van der Waals surface area contributed by atoms with Crippen molar-refractivity contribution in [1.29, 1.82) is 0 Å². The number of unbranched alkanes of at least 4 members (excludes halogenated alkanes) is 1. The van der Waals surface area contributed by atoms with Gasteiger partial charge in [-0.25, -0.2) is 0 Å². The van der Waals surface area contributed by atoms with Crippen LogP contribution in [-0.4, -0.2) is 25.2 Å². The van der Waals surface area contributed by atoms with E-state index in [9.17, 15) is 4.79 Å². The Balaban J connectivity index is -0.000000720. The van der Waals surface area contributed by atoms with Gasteiger partial charge in [-0.05, 0) is 25.8 Å². The zero-order chi connectivity index (χ0) is 10.1. The maximum atomic E-state index is 11.1. The molecular formula is C9H22Cl2N2O2. The van der Waals surface area contributed by atoms with Gasteiger partial charge in [-0.2, -0.15) is 0 Å². The van der Waals surface area contributed by atoms with Crippen molar-refractivity contribution >= 4 is 30.8 Å². The predicted molar refractivity (Wildman–Crippen MR) is 66.6 cm³/mol. The molecule has 1 atom stereocenters. The van der Waals surface area contributed by atoms with Crippen molar-refractivity contribution in [3.8, 4) is 0 Å². The van der Waals surface area contributed by atoms with Gasteiger partial charge in [0.05, 0.1) is 6.61 Å². The van der Waals surface area contributed by atoms with Crippen molar-refractivity contribution < 1.29 is 9.53 Å². The second-order valence-corrected chi connectivity index (χ2v) is 3.06. The molecule has 4 N–H and O–H groups in total. The maximum absolute atomic E-state index is 11.1. The lowest BCUT2D eigenvalue weighted by atomic mass is 10.1. The molecule has 6 heteroatoms. The second-order valence-electron chi connectivity index (χ2n) is 3.06. The highest BCUT2D eigenvalue weighted by Crippen LogP contribution is 2.00. The molecule has 0 aromatic rings. The van der Waals surface area contributed by atoms with Crippen molar-refractivity contribution in [2.45, 2.75) is 38.6 Å². The van der Waals surface area contributed by atoms with Gasteiger partial charge < -0.3 is 16.2 Å². The molecule has 0 rings (SSSR count). The zero-order valence-corrected chi connectivity index (χ0v) is 10.7. The Hall–Kier alpha value is -0.0300. The number of hydrogen-bond donors (Lipinski definition) is 2. The monoisotopic (exact) mass is 260 g/mol. The third-order valence-corrected chi connectivity index (χ3v) is 1.72. The van der Waals surface area contributed by atoms with Crippen LogP contribution in [0, 0.1) is 0 Å². The quantitative estimate of drug-likeness (QED) is 0.534. The molecule has 0 aliphatic heterocycles. The summed E-state index contributed by atoms with van der Waals surface area (Å²) in [5.41, 5.74) is 10.9. The molecule has 0 aromatic carbocycles. The fourth-order valence-electron chi connectivity index (χ4n) is 0.936. The highest BCUT2D eigenvalue weighted by atomic mass is 35.5. The largest absolute Gasteiger partial charge is 0.465 e. The fraction of sp³-hybridized carbons (Fsp3) is 0.889.